The molecule has 0 saturated carbocycles. The lowest BCUT2D eigenvalue weighted by Gasteiger charge is -2.07. The lowest BCUT2D eigenvalue weighted by atomic mass is 10.0. The summed E-state index contributed by atoms with van der Waals surface area (Å²) in [5.74, 6) is 1.04. The Kier molecular flexibility index (Phi) is 5.50. The Morgan fingerprint density at radius 1 is 1.12 bits per heavy atom. The number of pyridine rings is 1. The Labute approximate surface area is 198 Å². The zero-order valence-electron chi connectivity index (χ0n) is 17.5. The number of ether oxygens (including phenoxy) is 1. The number of thiophene rings is 1. The fourth-order valence-corrected chi connectivity index (χ4v) is 4.69. The van der Waals surface area contributed by atoms with E-state index in [0.29, 0.717) is 43.0 Å². The lowest BCUT2D eigenvalue weighted by Crippen LogP contribution is -2.11. The number of hydrogen-bond acceptors (Lipinski definition) is 6. The number of amides is 1. The van der Waals surface area contributed by atoms with E-state index >= 15 is 0 Å². The van der Waals surface area contributed by atoms with Crippen molar-refractivity contribution < 1.29 is 13.9 Å². The molecule has 0 spiro atoms. The van der Waals surface area contributed by atoms with Gasteiger partial charge in [0.1, 0.15) is 21.2 Å². The molecule has 33 heavy (non-hydrogen) atoms. The summed E-state index contributed by atoms with van der Waals surface area (Å²) in [5, 5.41) is 4.22. The third-order valence-electron chi connectivity index (χ3n) is 5.18. The van der Waals surface area contributed by atoms with E-state index in [2.05, 4.69) is 5.32 Å². The summed E-state index contributed by atoms with van der Waals surface area (Å²) in [6.45, 7) is 0. The van der Waals surface area contributed by atoms with Crippen molar-refractivity contribution in [3.8, 4) is 28.3 Å². The maximum Gasteiger partial charge on any atom is 0.267 e. The molecule has 0 saturated heterocycles. The summed E-state index contributed by atoms with van der Waals surface area (Å²) in [7, 11) is 1.59. The van der Waals surface area contributed by atoms with Crippen LogP contribution in [0.15, 0.2) is 77.4 Å². The molecule has 0 fully saturated rings. The second kappa shape index (κ2) is 8.61. The zero-order chi connectivity index (χ0) is 22.9. The Balaban J connectivity index is 1.61. The Morgan fingerprint density at radius 2 is 1.88 bits per heavy atom. The molecule has 5 rings (SSSR count). The van der Waals surface area contributed by atoms with Crippen LogP contribution in [0.5, 0.6) is 5.75 Å². The molecule has 164 valence electrons. The predicted molar refractivity (Wildman–Crippen MR) is 133 cm³/mol. The van der Waals surface area contributed by atoms with Crippen LogP contribution in [0.2, 0.25) is 5.02 Å². The van der Waals surface area contributed by atoms with Crippen molar-refractivity contribution in [3.05, 3.63) is 82.9 Å². The van der Waals surface area contributed by atoms with Crippen LogP contribution in [0.3, 0.4) is 0 Å². The lowest BCUT2D eigenvalue weighted by molar-refractivity contribution is 0.103. The number of nitrogens with two attached hydrogens (primary N) is 1. The van der Waals surface area contributed by atoms with Crippen molar-refractivity contribution in [3.63, 3.8) is 0 Å². The maximum atomic E-state index is 13.1. The number of benzene rings is 2. The van der Waals surface area contributed by atoms with Crippen molar-refractivity contribution >= 4 is 50.4 Å². The van der Waals surface area contributed by atoms with Crippen LogP contribution in [0, 0.1) is 0 Å². The SMILES string of the molecule is COc1ccc(NC(=O)c2sc3nc(-c4ccc(Cl)cc4)cc(-c4ccco4)c3c2N)cc1. The summed E-state index contributed by atoms with van der Waals surface area (Å²) in [6.07, 6.45) is 1.60. The van der Waals surface area contributed by atoms with Gasteiger partial charge in [-0.1, -0.05) is 23.7 Å². The van der Waals surface area contributed by atoms with E-state index in [1.807, 2.05) is 42.5 Å². The van der Waals surface area contributed by atoms with Crippen LogP contribution in [-0.4, -0.2) is 18.0 Å². The van der Waals surface area contributed by atoms with Gasteiger partial charge in [-0.3, -0.25) is 4.79 Å². The maximum absolute atomic E-state index is 13.1. The van der Waals surface area contributed by atoms with Gasteiger partial charge in [0.25, 0.3) is 5.91 Å². The molecular formula is C25H18ClN3O3S. The number of carbonyl (C=O) groups is 1. The first kappa shape index (κ1) is 21.1. The molecule has 2 aromatic carbocycles. The van der Waals surface area contributed by atoms with Gasteiger partial charge in [-0.15, -0.1) is 11.3 Å². The minimum atomic E-state index is -0.306. The van der Waals surface area contributed by atoms with Gasteiger partial charge in [0, 0.05) is 27.2 Å². The second-order valence-corrected chi connectivity index (χ2v) is 8.68. The molecule has 3 N–H and O–H groups in total. The van der Waals surface area contributed by atoms with Crippen molar-refractivity contribution in [2.24, 2.45) is 0 Å². The number of nitrogens with one attached hydrogen (secondary N) is 1. The normalized spacial score (nSPS) is 11.0. The minimum absolute atomic E-state index is 0.306. The van der Waals surface area contributed by atoms with E-state index in [1.165, 1.54) is 11.3 Å². The van der Waals surface area contributed by atoms with Crippen LogP contribution in [0.1, 0.15) is 9.67 Å². The highest BCUT2D eigenvalue weighted by Gasteiger charge is 2.22. The first-order chi connectivity index (χ1) is 16.0. The van der Waals surface area contributed by atoms with Gasteiger partial charge in [0.15, 0.2) is 0 Å². The predicted octanol–water partition coefficient (Wildman–Crippen LogP) is 6.72. The van der Waals surface area contributed by atoms with E-state index in [4.69, 9.17) is 31.5 Å². The number of anilines is 2. The van der Waals surface area contributed by atoms with E-state index in [-0.39, 0.29) is 5.91 Å². The number of aromatic nitrogens is 1. The van der Waals surface area contributed by atoms with Gasteiger partial charge in [-0.25, -0.2) is 4.98 Å². The van der Waals surface area contributed by atoms with Crippen molar-refractivity contribution in [1.82, 2.24) is 4.98 Å². The summed E-state index contributed by atoms with van der Waals surface area (Å²) in [4.78, 5) is 18.9. The summed E-state index contributed by atoms with van der Waals surface area (Å²) < 4.78 is 10.8. The number of furan rings is 1. The molecule has 0 radical (unpaired) electrons. The monoisotopic (exact) mass is 475 g/mol. The fourth-order valence-electron chi connectivity index (χ4n) is 3.55. The van der Waals surface area contributed by atoms with E-state index < -0.39 is 0 Å². The smallest absolute Gasteiger partial charge is 0.267 e. The number of fused-ring (bicyclic) bond motifs is 1. The first-order valence-electron chi connectivity index (χ1n) is 10.0. The Bertz CT molecular complexity index is 1440. The third kappa shape index (κ3) is 4.04. The van der Waals surface area contributed by atoms with Gasteiger partial charge in [0.2, 0.25) is 0 Å². The zero-order valence-corrected chi connectivity index (χ0v) is 19.0. The molecule has 5 aromatic rings. The molecule has 8 heteroatoms. The molecule has 0 aliphatic rings. The molecule has 0 bridgehead atoms. The molecule has 0 aliphatic heterocycles. The van der Waals surface area contributed by atoms with Gasteiger partial charge >= 0.3 is 0 Å². The highest BCUT2D eigenvalue weighted by Crippen LogP contribution is 2.41. The number of nitrogens with zero attached hydrogens (tertiary/aromatic N) is 1. The van der Waals surface area contributed by atoms with Gasteiger partial charge in [0.05, 0.1) is 24.8 Å². The largest absolute Gasteiger partial charge is 0.497 e. The number of nitrogen functional groups attached to an aromatic ring is 1. The highest BCUT2D eigenvalue weighted by molar-refractivity contribution is 7.21. The molecule has 0 aliphatic carbocycles. The third-order valence-corrected chi connectivity index (χ3v) is 6.53. The van der Waals surface area contributed by atoms with Crippen LogP contribution in [0.4, 0.5) is 11.4 Å². The van der Waals surface area contributed by atoms with Crippen LogP contribution < -0.4 is 15.8 Å². The number of rotatable bonds is 5. The Morgan fingerprint density at radius 3 is 2.55 bits per heavy atom. The van der Waals surface area contributed by atoms with Gasteiger partial charge < -0.3 is 20.2 Å². The molecule has 3 aromatic heterocycles. The van der Waals surface area contributed by atoms with Crippen molar-refractivity contribution in [2.75, 3.05) is 18.2 Å². The number of methoxy groups -OCH3 is 1. The molecule has 0 unspecified atom stereocenters. The van der Waals surface area contributed by atoms with Crippen LogP contribution in [-0.2, 0) is 0 Å². The summed E-state index contributed by atoms with van der Waals surface area (Å²) >= 11 is 7.29. The van der Waals surface area contributed by atoms with E-state index in [1.54, 1.807) is 37.6 Å². The van der Waals surface area contributed by atoms with E-state index in [9.17, 15) is 4.79 Å². The molecular weight excluding hydrogens is 458 g/mol. The first-order valence-corrected chi connectivity index (χ1v) is 11.2. The number of hydrogen-bond donors (Lipinski definition) is 2. The van der Waals surface area contributed by atoms with Gasteiger partial charge in [-0.2, -0.15) is 0 Å². The summed E-state index contributed by atoms with van der Waals surface area (Å²) in [5.41, 5.74) is 9.88. The van der Waals surface area contributed by atoms with Crippen LogP contribution in [0.25, 0.3) is 32.8 Å². The van der Waals surface area contributed by atoms with Crippen LogP contribution >= 0.6 is 22.9 Å². The fraction of sp³-hybridized carbons (Fsp3) is 0.0400. The Hall–Kier alpha value is -3.81. The molecule has 3 heterocycles. The highest BCUT2D eigenvalue weighted by atomic mass is 35.5. The average molecular weight is 476 g/mol. The average Bonchev–Trinajstić information content (AvgIpc) is 3.48. The number of halogens is 1. The second-order valence-electron chi connectivity index (χ2n) is 7.25. The quantitative estimate of drug-likeness (QED) is 0.294. The molecule has 6 nitrogen and oxygen atoms in total. The number of carbonyl (C=O) groups excluding carboxylic acids is 1. The van der Waals surface area contributed by atoms with Gasteiger partial charge in [-0.05, 0) is 54.6 Å². The summed E-state index contributed by atoms with van der Waals surface area (Å²) in [6, 6.07) is 20.1. The van der Waals surface area contributed by atoms with Crippen molar-refractivity contribution in [1.29, 1.82) is 0 Å². The van der Waals surface area contributed by atoms with E-state index in [0.717, 1.165) is 16.8 Å². The minimum Gasteiger partial charge on any atom is -0.497 e. The molecule has 1 amide bonds. The standard InChI is InChI=1S/C25H18ClN3O3S/c1-31-17-10-8-16(9-11-17)28-24(30)23-22(27)21-18(20-3-2-12-32-20)13-19(29-25(21)33-23)14-4-6-15(26)7-5-14/h2-13H,27H2,1H3,(H,28,30). The molecule has 0 atom stereocenters. The van der Waals surface area contributed by atoms with Crippen molar-refractivity contribution in [2.45, 2.75) is 0 Å². The topological polar surface area (TPSA) is 90.4 Å².